The van der Waals surface area contributed by atoms with Gasteiger partial charge in [-0.15, -0.1) is 11.8 Å². The molecule has 118 valence electrons. The van der Waals surface area contributed by atoms with Gasteiger partial charge in [0.2, 0.25) is 5.91 Å². The average molecular weight is 350 g/mol. The van der Waals surface area contributed by atoms with Crippen LogP contribution in [0.4, 0.5) is 0 Å². The van der Waals surface area contributed by atoms with Crippen LogP contribution in [0.2, 0.25) is 5.02 Å². The van der Waals surface area contributed by atoms with Gasteiger partial charge in [0.1, 0.15) is 0 Å². The number of thioether (sulfide) groups is 1. The van der Waals surface area contributed by atoms with E-state index >= 15 is 0 Å². The second kappa shape index (κ2) is 8.66. The Hall–Kier alpha value is -0.720. The van der Waals surface area contributed by atoms with E-state index in [1.165, 1.54) is 11.8 Å². The molecule has 1 aromatic carbocycles. The number of amides is 1. The summed E-state index contributed by atoms with van der Waals surface area (Å²) in [4.78, 5) is 11.7. The van der Waals surface area contributed by atoms with E-state index < -0.39 is 9.84 Å². The van der Waals surface area contributed by atoms with Gasteiger partial charge in [-0.1, -0.05) is 30.7 Å². The number of benzene rings is 1. The first kappa shape index (κ1) is 18.3. The van der Waals surface area contributed by atoms with Gasteiger partial charge in [-0.3, -0.25) is 4.79 Å². The standard InChI is InChI=1S/C14H20ClNO3S2/c1-3-21(18,19)10-11(2)16-14(17)9-20-8-12-4-6-13(15)7-5-12/h4-7,11H,3,8-10H2,1-2H3,(H,16,17)/t11-/m0/s1. The number of hydrogen-bond donors (Lipinski definition) is 1. The van der Waals surface area contributed by atoms with Crippen molar-refractivity contribution in [2.24, 2.45) is 0 Å². The molecule has 1 amide bonds. The van der Waals surface area contributed by atoms with Crippen LogP contribution in [0.1, 0.15) is 19.4 Å². The number of carbonyl (C=O) groups is 1. The van der Waals surface area contributed by atoms with Crippen LogP contribution in [0.5, 0.6) is 0 Å². The van der Waals surface area contributed by atoms with Gasteiger partial charge in [-0.25, -0.2) is 8.42 Å². The molecule has 7 heteroatoms. The van der Waals surface area contributed by atoms with E-state index in [4.69, 9.17) is 11.6 Å². The van der Waals surface area contributed by atoms with Crippen LogP contribution < -0.4 is 5.32 Å². The SMILES string of the molecule is CCS(=O)(=O)C[C@H](C)NC(=O)CSCc1ccc(Cl)cc1. The largest absolute Gasteiger partial charge is 0.352 e. The molecule has 1 atom stereocenters. The zero-order chi connectivity index (χ0) is 15.9. The molecule has 4 nitrogen and oxygen atoms in total. The highest BCUT2D eigenvalue weighted by Gasteiger charge is 2.15. The van der Waals surface area contributed by atoms with Gasteiger partial charge in [0.05, 0.1) is 11.5 Å². The van der Waals surface area contributed by atoms with Crippen molar-refractivity contribution in [1.29, 1.82) is 0 Å². The lowest BCUT2D eigenvalue weighted by atomic mass is 10.2. The Balaban J connectivity index is 2.29. The fourth-order valence-electron chi connectivity index (χ4n) is 1.70. The second-order valence-electron chi connectivity index (χ2n) is 4.79. The number of nitrogens with one attached hydrogen (secondary N) is 1. The summed E-state index contributed by atoms with van der Waals surface area (Å²) in [5.74, 6) is 0.953. The molecular formula is C14H20ClNO3S2. The predicted molar refractivity (Wildman–Crippen MR) is 89.5 cm³/mol. The molecule has 1 aromatic rings. The monoisotopic (exact) mass is 349 g/mol. The van der Waals surface area contributed by atoms with E-state index in [0.29, 0.717) is 16.5 Å². The third-order valence-corrected chi connectivity index (χ3v) is 5.91. The van der Waals surface area contributed by atoms with E-state index in [9.17, 15) is 13.2 Å². The van der Waals surface area contributed by atoms with E-state index in [1.54, 1.807) is 13.8 Å². The molecule has 0 heterocycles. The van der Waals surface area contributed by atoms with Crippen molar-refractivity contribution in [2.75, 3.05) is 17.3 Å². The summed E-state index contributed by atoms with van der Waals surface area (Å²) in [6.45, 7) is 3.31. The van der Waals surface area contributed by atoms with E-state index in [2.05, 4.69) is 5.32 Å². The summed E-state index contributed by atoms with van der Waals surface area (Å²) < 4.78 is 22.9. The number of carbonyl (C=O) groups excluding carboxylic acids is 1. The summed E-state index contributed by atoms with van der Waals surface area (Å²) in [5, 5.41) is 3.39. The zero-order valence-corrected chi connectivity index (χ0v) is 14.5. The third kappa shape index (κ3) is 7.74. The smallest absolute Gasteiger partial charge is 0.230 e. The van der Waals surface area contributed by atoms with Crippen LogP contribution in [0, 0.1) is 0 Å². The van der Waals surface area contributed by atoms with Crippen molar-refractivity contribution in [3.63, 3.8) is 0 Å². The maximum Gasteiger partial charge on any atom is 0.230 e. The summed E-state index contributed by atoms with van der Waals surface area (Å²) >= 11 is 7.28. The molecule has 0 radical (unpaired) electrons. The highest BCUT2D eigenvalue weighted by molar-refractivity contribution is 7.99. The second-order valence-corrected chi connectivity index (χ2v) is 8.61. The van der Waals surface area contributed by atoms with Gasteiger partial charge in [0, 0.05) is 22.6 Å². The third-order valence-electron chi connectivity index (χ3n) is 2.77. The Kier molecular flexibility index (Phi) is 7.56. The van der Waals surface area contributed by atoms with Crippen LogP contribution in [-0.2, 0) is 20.4 Å². The highest BCUT2D eigenvalue weighted by atomic mass is 35.5. The minimum Gasteiger partial charge on any atom is -0.352 e. The lowest BCUT2D eigenvalue weighted by Crippen LogP contribution is -2.38. The summed E-state index contributed by atoms with van der Waals surface area (Å²) in [6, 6.07) is 7.11. The molecule has 0 fully saturated rings. The molecule has 0 aliphatic rings. The van der Waals surface area contributed by atoms with Crippen molar-refractivity contribution in [1.82, 2.24) is 5.32 Å². The molecule has 21 heavy (non-hydrogen) atoms. The van der Waals surface area contributed by atoms with Gasteiger partial charge < -0.3 is 5.32 Å². The maximum atomic E-state index is 11.7. The van der Waals surface area contributed by atoms with Crippen LogP contribution in [0.25, 0.3) is 0 Å². The van der Waals surface area contributed by atoms with E-state index in [1.807, 2.05) is 24.3 Å². The molecule has 0 saturated heterocycles. The van der Waals surface area contributed by atoms with Crippen LogP contribution in [0.3, 0.4) is 0 Å². The first-order valence-electron chi connectivity index (χ1n) is 6.64. The molecule has 0 aromatic heterocycles. The van der Waals surface area contributed by atoms with Crippen LogP contribution in [0.15, 0.2) is 24.3 Å². The van der Waals surface area contributed by atoms with E-state index in [-0.39, 0.29) is 23.5 Å². The van der Waals surface area contributed by atoms with E-state index in [0.717, 1.165) is 5.56 Å². The average Bonchev–Trinajstić information content (AvgIpc) is 2.40. The van der Waals surface area contributed by atoms with Crippen molar-refractivity contribution < 1.29 is 13.2 Å². The summed E-state index contributed by atoms with van der Waals surface area (Å²) in [6.07, 6.45) is 0. The van der Waals surface area contributed by atoms with Crippen LogP contribution in [-0.4, -0.2) is 37.6 Å². The van der Waals surface area contributed by atoms with Crippen LogP contribution >= 0.6 is 23.4 Å². The minimum atomic E-state index is -3.07. The molecule has 0 unspecified atom stereocenters. The first-order chi connectivity index (χ1) is 9.82. The Morgan fingerprint density at radius 3 is 2.52 bits per heavy atom. The number of sulfone groups is 1. The van der Waals surface area contributed by atoms with Gasteiger partial charge in [0.15, 0.2) is 9.84 Å². The maximum absolute atomic E-state index is 11.7. The van der Waals surface area contributed by atoms with Gasteiger partial charge in [-0.2, -0.15) is 0 Å². The summed E-state index contributed by atoms with van der Waals surface area (Å²) in [5.41, 5.74) is 1.10. The van der Waals surface area contributed by atoms with Gasteiger partial charge in [0.25, 0.3) is 0 Å². The topological polar surface area (TPSA) is 63.2 Å². The molecule has 0 saturated carbocycles. The minimum absolute atomic E-state index is 0.0168. The predicted octanol–water partition coefficient (Wildman–Crippen LogP) is 2.51. The molecule has 0 aliphatic carbocycles. The summed E-state index contributed by atoms with van der Waals surface area (Å²) in [7, 11) is -3.07. The molecule has 0 aliphatic heterocycles. The fraction of sp³-hybridized carbons (Fsp3) is 0.500. The number of rotatable bonds is 8. The Morgan fingerprint density at radius 2 is 1.95 bits per heavy atom. The Labute approximate surface area is 135 Å². The first-order valence-corrected chi connectivity index (χ1v) is 10.00. The molecule has 1 rings (SSSR count). The lowest BCUT2D eigenvalue weighted by molar-refractivity contribution is -0.119. The number of hydrogen-bond acceptors (Lipinski definition) is 4. The van der Waals surface area contributed by atoms with Crippen molar-refractivity contribution >= 4 is 39.1 Å². The Bertz CT molecular complexity index is 558. The van der Waals surface area contributed by atoms with Crippen molar-refractivity contribution in [3.8, 4) is 0 Å². The van der Waals surface area contributed by atoms with Gasteiger partial charge in [-0.05, 0) is 24.6 Å². The highest BCUT2D eigenvalue weighted by Crippen LogP contribution is 2.15. The molecule has 0 bridgehead atoms. The zero-order valence-electron chi connectivity index (χ0n) is 12.1. The molecule has 1 N–H and O–H groups in total. The van der Waals surface area contributed by atoms with Gasteiger partial charge >= 0.3 is 0 Å². The Morgan fingerprint density at radius 1 is 1.33 bits per heavy atom. The van der Waals surface area contributed by atoms with Crippen molar-refractivity contribution in [3.05, 3.63) is 34.9 Å². The van der Waals surface area contributed by atoms with Crippen molar-refractivity contribution in [2.45, 2.75) is 25.6 Å². The lowest BCUT2D eigenvalue weighted by Gasteiger charge is -2.13. The fourth-order valence-corrected chi connectivity index (χ4v) is 3.70. The molecule has 0 spiro atoms. The normalized spacial score (nSPS) is 12.9. The molecular weight excluding hydrogens is 330 g/mol. The quantitative estimate of drug-likeness (QED) is 0.783. The number of halogens is 1.